The number of ether oxygens (including phenoxy) is 2. The molecule has 28 heavy (non-hydrogen) atoms. The maximum Gasteiger partial charge on any atom is 0.191 e. The molecular weight excluding hydrogens is 352 g/mol. The van der Waals surface area contributed by atoms with E-state index < -0.39 is 0 Å². The van der Waals surface area contributed by atoms with Crippen LogP contribution in [0.3, 0.4) is 0 Å². The summed E-state index contributed by atoms with van der Waals surface area (Å²) in [6, 6.07) is 8.88. The van der Waals surface area contributed by atoms with Gasteiger partial charge in [0.25, 0.3) is 0 Å². The van der Waals surface area contributed by atoms with Crippen molar-refractivity contribution in [3.63, 3.8) is 0 Å². The van der Waals surface area contributed by atoms with Crippen molar-refractivity contribution in [2.24, 2.45) is 4.99 Å². The Kier molecular flexibility index (Phi) is 11.6. The van der Waals surface area contributed by atoms with Gasteiger partial charge in [-0.1, -0.05) is 37.6 Å². The van der Waals surface area contributed by atoms with Crippen molar-refractivity contribution in [1.29, 1.82) is 0 Å². The van der Waals surface area contributed by atoms with E-state index in [9.17, 15) is 0 Å². The molecule has 1 aromatic rings. The molecule has 0 atom stereocenters. The first-order valence-corrected chi connectivity index (χ1v) is 10.7. The predicted octanol–water partition coefficient (Wildman–Crippen LogP) is 2.78. The summed E-state index contributed by atoms with van der Waals surface area (Å²) >= 11 is 0. The number of hydrogen-bond acceptors (Lipinski definition) is 4. The molecule has 0 unspecified atom stereocenters. The first kappa shape index (κ1) is 22.7. The lowest BCUT2D eigenvalue weighted by Crippen LogP contribution is -2.38. The number of guanidine groups is 1. The summed E-state index contributed by atoms with van der Waals surface area (Å²) in [5.74, 6) is 0.795. The molecule has 0 radical (unpaired) electrons. The zero-order valence-electron chi connectivity index (χ0n) is 17.7. The van der Waals surface area contributed by atoms with E-state index in [1.54, 1.807) is 7.05 Å². The smallest absolute Gasteiger partial charge is 0.191 e. The van der Waals surface area contributed by atoms with Crippen LogP contribution in [-0.2, 0) is 22.6 Å². The van der Waals surface area contributed by atoms with Crippen molar-refractivity contribution < 1.29 is 9.47 Å². The third-order valence-electron chi connectivity index (χ3n) is 4.86. The number of nitrogens with zero attached hydrogens (tertiary/aromatic N) is 2. The molecule has 1 saturated heterocycles. The molecule has 1 aliphatic heterocycles. The highest BCUT2D eigenvalue weighted by Gasteiger charge is 2.11. The van der Waals surface area contributed by atoms with E-state index in [1.807, 2.05) is 0 Å². The number of unbranched alkanes of at least 4 members (excludes halogenated alkanes) is 1. The van der Waals surface area contributed by atoms with Crippen molar-refractivity contribution in [2.75, 3.05) is 53.1 Å². The normalized spacial score (nSPS) is 15.1. The third kappa shape index (κ3) is 9.53. The van der Waals surface area contributed by atoms with E-state index in [4.69, 9.17) is 9.47 Å². The monoisotopic (exact) mass is 390 g/mol. The van der Waals surface area contributed by atoms with Crippen molar-refractivity contribution >= 4 is 5.96 Å². The fraction of sp³-hybridized carbons (Fsp3) is 0.682. The van der Waals surface area contributed by atoms with Gasteiger partial charge < -0.3 is 20.1 Å². The topological polar surface area (TPSA) is 58.1 Å². The molecule has 1 aromatic carbocycles. The zero-order valence-corrected chi connectivity index (χ0v) is 17.7. The van der Waals surface area contributed by atoms with Gasteiger partial charge in [-0.15, -0.1) is 0 Å². The molecule has 0 saturated carbocycles. The molecule has 0 spiro atoms. The summed E-state index contributed by atoms with van der Waals surface area (Å²) in [5.41, 5.74) is 2.65. The summed E-state index contributed by atoms with van der Waals surface area (Å²) in [6.07, 6.45) is 4.96. The Morgan fingerprint density at radius 2 is 1.64 bits per heavy atom. The first-order valence-electron chi connectivity index (χ1n) is 10.7. The number of aliphatic imine (C=N–C) groups is 1. The van der Waals surface area contributed by atoms with Crippen LogP contribution in [0.1, 0.15) is 43.7 Å². The molecule has 158 valence electrons. The van der Waals surface area contributed by atoms with Gasteiger partial charge in [0.15, 0.2) is 5.96 Å². The number of nitrogens with one attached hydrogen (secondary N) is 2. The molecule has 2 N–H and O–H groups in total. The van der Waals surface area contributed by atoms with Gasteiger partial charge in [0.1, 0.15) is 0 Å². The summed E-state index contributed by atoms with van der Waals surface area (Å²) in [6.45, 7) is 9.97. The predicted molar refractivity (Wildman–Crippen MR) is 116 cm³/mol. The standard InChI is InChI=1S/C22H38N4O2/c1-3-4-14-27-16-17-28-15-11-24-22(23-2)25-18-20-7-9-21(10-8-20)19-26-12-5-6-13-26/h7-10H,3-6,11-19H2,1-2H3,(H2,23,24,25). The fourth-order valence-electron chi connectivity index (χ4n) is 3.18. The lowest BCUT2D eigenvalue weighted by atomic mass is 10.1. The maximum absolute atomic E-state index is 5.56. The highest BCUT2D eigenvalue weighted by atomic mass is 16.5. The van der Waals surface area contributed by atoms with E-state index in [0.29, 0.717) is 19.8 Å². The van der Waals surface area contributed by atoms with Crippen LogP contribution in [0.25, 0.3) is 0 Å². The van der Waals surface area contributed by atoms with E-state index in [2.05, 4.69) is 51.7 Å². The van der Waals surface area contributed by atoms with Crippen LogP contribution in [0.2, 0.25) is 0 Å². The van der Waals surface area contributed by atoms with Gasteiger partial charge in [-0.05, 0) is 43.5 Å². The maximum atomic E-state index is 5.56. The quantitative estimate of drug-likeness (QED) is 0.308. The van der Waals surface area contributed by atoms with Crippen LogP contribution in [-0.4, -0.2) is 64.0 Å². The minimum atomic E-state index is 0.640. The van der Waals surface area contributed by atoms with Crippen molar-refractivity contribution in [3.05, 3.63) is 35.4 Å². The van der Waals surface area contributed by atoms with Crippen LogP contribution in [0.4, 0.5) is 0 Å². The number of likely N-dealkylation sites (tertiary alicyclic amines) is 1. The minimum Gasteiger partial charge on any atom is -0.379 e. The van der Waals surface area contributed by atoms with E-state index in [1.165, 1.54) is 43.5 Å². The van der Waals surface area contributed by atoms with Gasteiger partial charge in [-0.3, -0.25) is 9.89 Å². The second kappa shape index (κ2) is 14.4. The largest absolute Gasteiger partial charge is 0.379 e. The minimum absolute atomic E-state index is 0.640. The van der Waals surface area contributed by atoms with Gasteiger partial charge in [0.2, 0.25) is 0 Å². The molecule has 0 aliphatic carbocycles. The number of benzene rings is 1. The lowest BCUT2D eigenvalue weighted by Gasteiger charge is -2.15. The molecule has 0 aromatic heterocycles. The SMILES string of the molecule is CCCCOCCOCCNC(=NC)NCc1ccc(CN2CCCC2)cc1. The summed E-state index contributed by atoms with van der Waals surface area (Å²) < 4.78 is 11.0. The van der Waals surface area contributed by atoms with Gasteiger partial charge in [-0.2, -0.15) is 0 Å². The third-order valence-corrected chi connectivity index (χ3v) is 4.86. The summed E-state index contributed by atoms with van der Waals surface area (Å²) in [4.78, 5) is 6.79. The van der Waals surface area contributed by atoms with Crippen molar-refractivity contribution in [3.8, 4) is 0 Å². The van der Waals surface area contributed by atoms with E-state index in [0.717, 1.165) is 38.6 Å². The van der Waals surface area contributed by atoms with Crippen molar-refractivity contribution in [2.45, 2.75) is 45.7 Å². The molecule has 1 heterocycles. The average Bonchev–Trinajstić information content (AvgIpc) is 3.23. The van der Waals surface area contributed by atoms with E-state index in [-0.39, 0.29) is 0 Å². The second-order valence-electron chi connectivity index (χ2n) is 7.23. The Balaban J connectivity index is 1.55. The summed E-state index contributed by atoms with van der Waals surface area (Å²) in [5, 5.41) is 6.63. The van der Waals surface area contributed by atoms with Crippen LogP contribution in [0, 0.1) is 0 Å². The second-order valence-corrected chi connectivity index (χ2v) is 7.23. The van der Waals surface area contributed by atoms with E-state index >= 15 is 0 Å². The fourth-order valence-corrected chi connectivity index (χ4v) is 3.18. The molecule has 0 amide bonds. The van der Waals surface area contributed by atoms with Gasteiger partial charge >= 0.3 is 0 Å². The Labute approximate surface area is 170 Å². The molecule has 1 aliphatic rings. The molecular formula is C22H38N4O2. The molecule has 1 fully saturated rings. The van der Waals surface area contributed by atoms with Gasteiger partial charge in [0, 0.05) is 33.3 Å². The van der Waals surface area contributed by atoms with Crippen molar-refractivity contribution in [1.82, 2.24) is 15.5 Å². The van der Waals surface area contributed by atoms with Gasteiger partial charge in [0.05, 0.1) is 19.8 Å². The zero-order chi connectivity index (χ0) is 19.9. The Morgan fingerprint density at radius 1 is 0.964 bits per heavy atom. The van der Waals surface area contributed by atoms with Crippen LogP contribution >= 0.6 is 0 Å². The highest BCUT2D eigenvalue weighted by Crippen LogP contribution is 2.13. The van der Waals surface area contributed by atoms with Gasteiger partial charge in [-0.25, -0.2) is 0 Å². The summed E-state index contributed by atoms with van der Waals surface area (Å²) in [7, 11) is 1.79. The Morgan fingerprint density at radius 3 is 2.32 bits per heavy atom. The van der Waals surface area contributed by atoms with Crippen LogP contribution in [0.5, 0.6) is 0 Å². The Bertz CT molecular complexity index is 542. The first-order chi connectivity index (χ1) is 13.8. The molecule has 6 heteroatoms. The highest BCUT2D eigenvalue weighted by molar-refractivity contribution is 5.79. The molecule has 2 rings (SSSR count). The molecule has 6 nitrogen and oxygen atoms in total. The van der Waals surface area contributed by atoms with Crippen LogP contribution < -0.4 is 10.6 Å². The Hall–Kier alpha value is -1.63. The number of hydrogen-bond donors (Lipinski definition) is 2. The lowest BCUT2D eigenvalue weighted by molar-refractivity contribution is 0.0487. The molecule has 0 bridgehead atoms. The number of rotatable bonds is 13. The van der Waals surface area contributed by atoms with Crippen LogP contribution in [0.15, 0.2) is 29.3 Å². The average molecular weight is 391 g/mol.